The Hall–Kier alpha value is -2.34. The van der Waals surface area contributed by atoms with Crippen molar-refractivity contribution in [3.63, 3.8) is 0 Å². The SMILES string of the molecule is CCc1ccc2c(c1)CCC(CC)N2S(=O)(=O)c1ccc(O)c(C(C)=O)c1. The number of rotatable bonds is 5. The number of phenols is 1. The summed E-state index contributed by atoms with van der Waals surface area (Å²) in [5, 5.41) is 9.87. The van der Waals surface area contributed by atoms with E-state index in [1.807, 2.05) is 19.1 Å². The molecule has 3 rings (SSSR count). The number of benzene rings is 2. The number of fused-ring (bicyclic) bond motifs is 1. The molecule has 0 aromatic heterocycles. The van der Waals surface area contributed by atoms with E-state index < -0.39 is 10.0 Å². The average molecular weight is 388 g/mol. The molecule has 1 aliphatic rings. The lowest BCUT2D eigenvalue weighted by Crippen LogP contribution is -2.43. The summed E-state index contributed by atoms with van der Waals surface area (Å²) >= 11 is 0. The van der Waals surface area contributed by atoms with Crippen LogP contribution in [0.4, 0.5) is 5.69 Å². The molecule has 1 atom stereocenters. The summed E-state index contributed by atoms with van der Waals surface area (Å²) in [7, 11) is -3.86. The number of carbonyl (C=O) groups is 1. The van der Waals surface area contributed by atoms with Crippen molar-refractivity contribution >= 4 is 21.5 Å². The van der Waals surface area contributed by atoms with E-state index in [9.17, 15) is 18.3 Å². The average Bonchev–Trinajstić information content (AvgIpc) is 2.66. The second-order valence-corrected chi connectivity index (χ2v) is 8.77. The third-order valence-electron chi connectivity index (χ3n) is 5.24. The first-order valence-electron chi connectivity index (χ1n) is 9.29. The Balaban J connectivity index is 2.15. The Labute approximate surface area is 160 Å². The zero-order chi connectivity index (χ0) is 19.8. The Bertz CT molecular complexity index is 982. The smallest absolute Gasteiger partial charge is 0.264 e. The van der Waals surface area contributed by atoms with Gasteiger partial charge in [0.2, 0.25) is 0 Å². The highest BCUT2D eigenvalue weighted by Gasteiger charge is 2.35. The molecule has 0 aliphatic carbocycles. The van der Waals surface area contributed by atoms with Crippen LogP contribution in [0.3, 0.4) is 0 Å². The van der Waals surface area contributed by atoms with E-state index in [-0.39, 0.29) is 28.0 Å². The fourth-order valence-corrected chi connectivity index (χ4v) is 5.49. The molecule has 1 N–H and O–H groups in total. The molecule has 0 radical (unpaired) electrons. The van der Waals surface area contributed by atoms with Crippen LogP contribution in [0.15, 0.2) is 41.3 Å². The monoisotopic (exact) mass is 387 g/mol. The molecule has 0 saturated heterocycles. The third kappa shape index (κ3) is 3.46. The number of ketones is 1. The van der Waals surface area contributed by atoms with E-state index in [1.54, 1.807) is 0 Å². The van der Waals surface area contributed by atoms with Crippen LogP contribution in [0, 0.1) is 0 Å². The van der Waals surface area contributed by atoms with E-state index in [0.29, 0.717) is 12.1 Å². The van der Waals surface area contributed by atoms with Gasteiger partial charge in [-0.1, -0.05) is 26.0 Å². The quantitative estimate of drug-likeness (QED) is 0.785. The minimum atomic E-state index is -3.86. The van der Waals surface area contributed by atoms with E-state index >= 15 is 0 Å². The number of anilines is 1. The molecule has 27 heavy (non-hydrogen) atoms. The van der Waals surface area contributed by atoms with Gasteiger partial charge in [0.25, 0.3) is 10.0 Å². The Morgan fingerprint density at radius 3 is 2.56 bits per heavy atom. The number of aryl methyl sites for hydroxylation is 2. The maximum atomic E-state index is 13.5. The van der Waals surface area contributed by atoms with Gasteiger partial charge in [0, 0.05) is 6.04 Å². The zero-order valence-corrected chi connectivity index (χ0v) is 16.7. The van der Waals surface area contributed by atoms with Crippen molar-refractivity contribution in [2.45, 2.75) is 57.4 Å². The highest BCUT2D eigenvalue weighted by molar-refractivity contribution is 7.92. The molecule has 5 nitrogen and oxygen atoms in total. The summed E-state index contributed by atoms with van der Waals surface area (Å²) in [6.07, 6.45) is 3.21. The Kier molecular flexibility index (Phi) is 5.29. The van der Waals surface area contributed by atoms with Gasteiger partial charge in [0.05, 0.1) is 16.1 Å². The molecule has 0 fully saturated rings. The highest BCUT2D eigenvalue weighted by Crippen LogP contribution is 2.37. The molecular weight excluding hydrogens is 362 g/mol. The fourth-order valence-electron chi connectivity index (χ4n) is 3.68. The lowest BCUT2D eigenvalue weighted by molar-refractivity contribution is 0.101. The number of nitrogens with zero attached hydrogens (tertiary/aromatic N) is 1. The molecule has 144 valence electrons. The van der Waals surface area contributed by atoms with Crippen LogP contribution in [-0.2, 0) is 22.9 Å². The van der Waals surface area contributed by atoms with E-state index in [0.717, 1.165) is 24.8 Å². The van der Waals surface area contributed by atoms with Crippen molar-refractivity contribution in [3.8, 4) is 5.75 Å². The summed E-state index contributed by atoms with van der Waals surface area (Å²) in [5.41, 5.74) is 2.95. The van der Waals surface area contributed by atoms with Crippen molar-refractivity contribution in [2.24, 2.45) is 0 Å². The molecule has 2 aromatic rings. The first-order valence-corrected chi connectivity index (χ1v) is 10.7. The molecule has 0 saturated carbocycles. The number of phenolic OH excluding ortho intramolecular Hbond substituents is 1. The summed E-state index contributed by atoms with van der Waals surface area (Å²) < 4.78 is 28.5. The number of carbonyl (C=O) groups excluding carboxylic acids is 1. The number of sulfonamides is 1. The van der Waals surface area contributed by atoms with Crippen LogP contribution in [0.1, 0.15) is 55.1 Å². The minimum Gasteiger partial charge on any atom is -0.507 e. The predicted molar refractivity (Wildman–Crippen MR) is 106 cm³/mol. The zero-order valence-electron chi connectivity index (χ0n) is 15.9. The largest absolute Gasteiger partial charge is 0.507 e. The van der Waals surface area contributed by atoms with Crippen molar-refractivity contribution < 1.29 is 18.3 Å². The van der Waals surface area contributed by atoms with Gasteiger partial charge in [-0.25, -0.2) is 8.42 Å². The second-order valence-electron chi connectivity index (χ2n) is 6.95. The number of hydrogen-bond acceptors (Lipinski definition) is 4. The lowest BCUT2D eigenvalue weighted by atomic mass is 9.94. The number of hydrogen-bond donors (Lipinski definition) is 1. The second kappa shape index (κ2) is 7.35. The molecule has 0 bridgehead atoms. The van der Waals surface area contributed by atoms with Crippen LogP contribution >= 0.6 is 0 Å². The summed E-state index contributed by atoms with van der Waals surface area (Å²) in [6.45, 7) is 5.37. The molecule has 1 heterocycles. The molecule has 1 unspecified atom stereocenters. The van der Waals surface area contributed by atoms with Crippen LogP contribution in [-0.4, -0.2) is 25.3 Å². The third-order valence-corrected chi connectivity index (χ3v) is 7.11. The molecule has 1 aliphatic heterocycles. The van der Waals surface area contributed by atoms with Gasteiger partial charge in [-0.3, -0.25) is 9.10 Å². The lowest BCUT2D eigenvalue weighted by Gasteiger charge is -2.37. The first-order chi connectivity index (χ1) is 12.8. The highest BCUT2D eigenvalue weighted by atomic mass is 32.2. The normalized spacial score (nSPS) is 16.9. The molecule has 6 heteroatoms. The van der Waals surface area contributed by atoms with Gasteiger partial charge in [-0.05, 0) is 68.0 Å². The fraction of sp³-hybridized carbons (Fsp3) is 0.381. The number of aromatic hydroxyl groups is 1. The van der Waals surface area contributed by atoms with Crippen molar-refractivity contribution in [1.29, 1.82) is 0 Å². The van der Waals surface area contributed by atoms with Gasteiger partial charge in [0.15, 0.2) is 5.78 Å². The summed E-state index contributed by atoms with van der Waals surface area (Å²) in [4.78, 5) is 11.8. The van der Waals surface area contributed by atoms with Crippen LogP contribution < -0.4 is 4.31 Å². The van der Waals surface area contributed by atoms with Gasteiger partial charge in [-0.15, -0.1) is 0 Å². The first kappa shape index (κ1) is 19.4. The van der Waals surface area contributed by atoms with E-state index in [4.69, 9.17) is 0 Å². The summed E-state index contributed by atoms with van der Waals surface area (Å²) in [5.74, 6) is -0.580. The Morgan fingerprint density at radius 2 is 1.93 bits per heavy atom. The van der Waals surface area contributed by atoms with E-state index in [2.05, 4.69) is 13.0 Å². The van der Waals surface area contributed by atoms with Crippen molar-refractivity contribution in [3.05, 3.63) is 53.1 Å². The van der Waals surface area contributed by atoms with E-state index in [1.165, 1.54) is 35.0 Å². The van der Waals surface area contributed by atoms with Gasteiger partial charge in [0.1, 0.15) is 5.75 Å². The van der Waals surface area contributed by atoms with Crippen molar-refractivity contribution in [1.82, 2.24) is 0 Å². The van der Waals surface area contributed by atoms with Crippen LogP contribution in [0.25, 0.3) is 0 Å². The predicted octanol–water partition coefficient (Wildman–Crippen LogP) is 4.08. The molecular formula is C21H25NO4S. The minimum absolute atomic E-state index is 0.0164. The van der Waals surface area contributed by atoms with Gasteiger partial charge in [-0.2, -0.15) is 0 Å². The standard InChI is InChI=1S/C21H25NO4S/c1-4-15-6-10-20-16(12-15)7-8-17(5-2)22(20)27(25,26)18-9-11-21(24)19(13-18)14(3)23/h6,9-13,17,24H,4-5,7-8H2,1-3H3. The topological polar surface area (TPSA) is 74.7 Å². The maximum absolute atomic E-state index is 13.5. The molecule has 0 spiro atoms. The van der Waals surface area contributed by atoms with Crippen LogP contribution in [0.2, 0.25) is 0 Å². The Morgan fingerprint density at radius 1 is 1.19 bits per heavy atom. The van der Waals surface area contributed by atoms with Crippen molar-refractivity contribution in [2.75, 3.05) is 4.31 Å². The maximum Gasteiger partial charge on any atom is 0.264 e. The molecule has 0 amide bonds. The summed E-state index contributed by atoms with van der Waals surface area (Å²) in [6, 6.07) is 9.71. The van der Waals surface area contributed by atoms with Crippen LogP contribution in [0.5, 0.6) is 5.75 Å². The number of Topliss-reactive ketones (excluding diaryl/α,β-unsaturated/α-hetero) is 1. The van der Waals surface area contributed by atoms with Gasteiger partial charge < -0.3 is 5.11 Å². The van der Waals surface area contributed by atoms with Gasteiger partial charge >= 0.3 is 0 Å². The molecule has 2 aromatic carbocycles.